The maximum Gasteiger partial charge on any atom is 0.281 e. The Morgan fingerprint density at radius 1 is 1.11 bits per heavy atom. The summed E-state index contributed by atoms with van der Waals surface area (Å²) in [5.74, 6) is 2.41. The third-order valence-electron chi connectivity index (χ3n) is 3.66. The molecule has 0 bridgehead atoms. The van der Waals surface area contributed by atoms with Crippen LogP contribution in [-0.4, -0.2) is 20.5 Å². The number of halogens is 1. The van der Waals surface area contributed by atoms with Gasteiger partial charge in [0.15, 0.2) is 5.69 Å². The molecule has 0 saturated carbocycles. The fraction of sp³-hybridized carbons (Fsp3) is 0.211. The van der Waals surface area contributed by atoms with Gasteiger partial charge in [-0.3, -0.25) is 9.36 Å². The van der Waals surface area contributed by atoms with E-state index < -0.39 is 0 Å². The summed E-state index contributed by atoms with van der Waals surface area (Å²) in [5, 5.41) is 12.0. The Morgan fingerprint density at radius 3 is 2.56 bits per heavy atom. The molecule has 0 aliphatic heterocycles. The molecule has 0 atom stereocenters. The normalized spacial score (nSPS) is 10.6. The van der Waals surface area contributed by atoms with Crippen LogP contribution in [0.1, 0.15) is 12.6 Å². The van der Waals surface area contributed by atoms with Crippen molar-refractivity contribution in [2.24, 2.45) is 0 Å². The van der Waals surface area contributed by atoms with Crippen molar-refractivity contribution < 1.29 is 4.74 Å². The number of thioether (sulfide) groups is 1. The maximum atomic E-state index is 12.9. The zero-order chi connectivity index (χ0) is 19.1. The highest BCUT2D eigenvalue weighted by atomic mass is 35.5. The highest BCUT2D eigenvalue weighted by Crippen LogP contribution is 2.18. The zero-order valence-electron chi connectivity index (χ0n) is 14.8. The van der Waals surface area contributed by atoms with Gasteiger partial charge in [0, 0.05) is 10.7 Å². The minimum Gasteiger partial charge on any atom is -0.487 e. The first-order valence-electron chi connectivity index (χ1n) is 8.42. The molecule has 8 heteroatoms. The van der Waals surface area contributed by atoms with Gasteiger partial charge in [-0.15, -0.1) is 22.0 Å². The van der Waals surface area contributed by atoms with Crippen LogP contribution in [0.4, 0.5) is 11.6 Å². The van der Waals surface area contributed by atoms with Crippen LogP contribution < -0.4 is 15.6 Å². The Hall–Kier alpha value is -2.51. The average Bonchev–Trinajstić information content (AvgIpc) is 2.69. The van der Waals surface area contributed by atoms with Gasteiger partial charge in [0.05, 0.1) is 5.88 Å². The molecular formula is C19H19ClN4O2S. The van der Waals surface area contributed by atoms with E-state index in [1.165, 1.54) is 0 Å². The molecule has 2 aromatic carbocycles. The van der Waals surface area contributed by atoms with Crippen molar-refractivity contribution in [1.29, 1.82) is 0 Å². The van der Waals surface area contributed by atoms with Crippen LogP contribution in [0.5, 0.6) is 5.75 Å². The molecule has 0 unspecified atom stereocenters. The molecular weight excluding hydrogens is 384 g/mol. The topological polar surface area (TPSA) is 69.0 Å². The molecule has 3 aromatic rings. The van der Waals surface area contributed by atoms with Crippen molar-refractivity contribution in [3.05, 3.63) is 75.7 Å². The fourth-order valence-corrected chi connectivity index (χ4v) is 3.00. The van der Waals surface area contributed by atoms with Crippen molar-refractivity contribution in [3.8, 4) is 5.75 Å². The van der Waals surface area contributed by atoms with Gasteiger partial charge in [0.1, 0.15) is 12.4 Å². The first kappa shape index (κ1) is 19.3. The minimum absolute atomic E-state index is 0.0634. The predicted molar refractivity (Wildman–Crippen MR) is 110 cm³/mol. The summed E-state index contributed by atoms with van der Waals surface area (Å²) in [4.78, 5) is 12.9. The van der Waals surface area contributed by atoms with E-state index in [0.29, 0.717) is 22.6 Å². The second-order valence-electron chi connectivity index (χ2n) is 5.56. The van der Waals surface area contributed by atoms with Gasteiger partial charge in [-0.1, -0.05) is 36.7 Å². The van der Waals surface area contributed by atoms with Gasteiger partial charge in [-0.05, 0) is 42.2 Å². The number of aromatic nitrogens is 3. The number of nitrogens with zero attached hydrogens (tertiary/aromatic N) is 3. The number of ether oxygens (including phenoxy) is 1. The van der Waals surface area contributed by atoms with Crippen molar-refractivity contribution in [1.82, 2.24) is 14.8 Å². The van der Waals surface area contributed by atoms with Crippen molar-refractivity contribution in [2.75, 3.05) is 11.1 Å². The van der Waals surface area contributed by atoms with E-state index in [-0.39, 0.29) is 17.9 Å². The molecule has 0 fully saturated rings. The Bertz CT molecular complexity index is 933. The fourth-order valence-electron chi connectivity index (χ4n) is 2.27. The summed E-state index contributed by atoms with van der Waals surface area (Å²) in [6.45, 7) is 2.10. The monoisotopic (exact) mass is 402 g/mol. The number of benzene rings is 2. The number of para-hydroxylation sites is 1. The maximum absolute atomic E-state index is 12.9. The van der Waals surface area contributed by atoms with E-state index in [4.69, 9.17) is 16.3 Å². The summed E-state index contributed by atoms with van der Waals surface area (Å²) in [6.07, 6.45) is 0. The van der Waals surface area contributed by atoms with Crippen molar-refractivity contribution >= 4 is 35.0 Å². The Morgan fingerprint density at radius 2 is 1.85 bits per heavy atom. The molecule has 140 valence electrons. The highest BCUT2D eigenvalue weighted by molar-refractivity contribution is 7.98. The Balaban J connectivity index is 1.84. The molecule has 0 spiro atoms. The molecule has 6 nitrogen and oxygen atoms in total. The van der Waals surface area contributed by atoms with Crippen LogP contribution in [-0.2, 0) is 12.5 Å². The Kier molecular flexibility index (Phi) is 6.73. The lowest BCUT2D eigenvalue weighted by molar-refractivity contribution is 0.296. The van der Waals surface area contributed by atoms with Crippen LogP contribution in [0, 0.1) is 0 Å². The second-order valence-corrected chi connectivity index (χ2v) is 7.24. The summed E-state index contributed by atoms with van der Waals surface area (Å²) in [6, 6.07) is 16.5. The van der Waals surface area contributed by atoms with Crippen LogP contribution in [0.15, 0.2) is 59.4 Å². The summed E-state index contributed by atoms with van der Waals surface area (Å²) in [5.41, 5.74) is 0.812. The molecule has 0 saturated heterocycles. The molecule has 0 aliphatic rings. The van der Waals surface area contributed by atoms with E-state index in [9.17, 15) is 4.79 Å². The van der Waals surface area contributed by atoms with Crippen LogP contribution in [0.2, 0.25) is 5.02 Å². The number of rotatable bonds is 8. The largest absolute Gasteiger partial charge is 0.487 e. The standard InChI is InChI=1S/C19H19ClN4O2S/c1-2-27-13-24-18(25)17(12-26-16-6-4-3-5-7-16)22-23-19(24)21-15-10-8-14(20)9-11-15/h3-11H,2,12-13H2,1H3,(H,21,23). The first-order chi connectivity index (χ1) is 13.2. The quantitative estimate of drug-likeness (QED) is 0.605. The summed E-state index contributed by atoms with van der Waals surface area (Å²) >= 11 is 7.54. The van der Waals surface area contributed by atoms with E-state index in [0.717, 1.165) is 11.4 Å². The second kappa shape index (κ2) is 9.43. The van der Waals surface area contributed by atoms with Crippen molar-refractivity contribution in [2.45, 2.75) is 19.4 Å². The molecule has 1 aromatic heterocycles. The van der Waals surface area contributed by atoms with E-state index in [1.54, 1.807) is 28.5 Å². The summed E-state index contributed by atoms with van der Waals surface area (Å²) in [7, 11) is 0. The molecule has 1 N–H and O–H groups in total. The van der Waals surface area contributed by atoms with Crippen LogP contribution in [0.3, 0.4) is 0 Å². The number of nitrogens with one attached hydrogen (secondary N) is 1. The van der Waals surface area contributed by atoms with Gasteiger partial charge in [-0.2, -0.15) is 0 Å². The first-order valence-corrected chi connectivity index (χ1v) is 9.95. The van der Waals surface area contributed by atoms with Crippen molar-refractivity contribution in [3.63, 3.8) is 0 Å². The zero-order valence-corrected chi connectivity index (χ0v) is 16.3. The van der Waals surface area contributed by atoms with E-state index in [2.05, 4.69) is 15.5 Å². The lowest BCUT2D eigenvalue weighted by Gasteiger charge is -2.14. The van der Waals surface area contributed by atoms with Gasteiger partial charge >= 0.3 is 0 Å². The minimum atomic E-state index is -0.224. The molecule has 27 heavy (non-hydrogen) atoms. The third-order valence-corrected chi connectivity index (χ3v) is 4.76. The van der Waals surface area contributed by atoms with Gasteiger partial charge in [0.25, 0.3) is 5.56 Å². The smallest absolute Gasteiger partial charge is 0.281 e. The Labute approximate surface area is 166 Å². The lowest BCUT2D eigenvalue weighted by atomic mass is 10.3. The molecule has 0 radical (unpaired) electrons. The van der Waals surface area contributed by atoms with Crippen LogP contribution >= 0.6 is 23.4 Å². The number of hydrogen-bond donors (Lipinski definition) is 1. The molecule has 3 rings (SSSR count). The molecule has 1 heterocycles. The average molecular weight is 403 g/mol. The molecule has 0 aliphatic carbocycles. The van der Waals surface area contributed by atoms with E-state index in [1.807, 2.05) is 49.4 Å². The van der Waals surface area contributed by atoms with Gasteiger partial charge in [-0.25, -0.2) is 0 Å². The van der Waals surface area contributed by atoms with Gasteiger partial charge < -0.3 is 10.1 Å². The number of anilines is 2. The lowest BCUT2D eigenvalue weighted by Crippen LogP contribution is -2.29. The predicted octanol–water partition coefficient (Wildman–Crippen LogP) is 4.32. The summed E-state index contributed by atoms with van der Waals surface area (Å²) < 4.78 is 7.21. The SMILES string of the molecule is CCSCn1c(Nc2ccc(Cl)cc2)nnc(COc2ccccc2)c1=O. The third kappa shape index (κ3) is 5.24. The van der Waals surface area contributed by atoms with Gasteiger partial charge in [0.2, 0.25) is 5.95 Å². The molecule has 0 amide bonds. The highest BCUT2D eigenvalue weighted by Gasteiger charge is 2.13. The number of hydrogen-bond acceptors (Lipinski definition) is 6. The van der Waals surface area contributed by atoms with Crippen LogP contribution in [0.25, 0.3) is 0 Å². The van der Waals surface area contributed by atoms with E-state index >= 15 is 0 Å².